The molecular weight excluding hydrogens is 448 g/mol. The summed E-state index contributed by atoms with van der Waals surface area (Å²) in [6, 6.07) is 1.92. The Labute approximate surface area is 206 Å². The van der Waals surface area contributed by atoms with Gasteiger partial charge >= 0.3 is 5.97 Å². The summed E-state index contributed by atoms with van der Waals surface area (Å²) in [5.74, 6) is -0.743. The summed E-state index contributed by atoms with van der Waals surface area (Å²) in [6.07, 6.45) is 6.39. The molecule has 0 radical (unpaired) electrons. The second-order valence-corrected chi connectivity index (χ2v) is 11.7. The van der Waals surface area contributed by atoms with Gasteiger partial charge in [0.25, 0.3) is 5.95 Å². The summed E-state index contributed by atoms with van der Waals surface area (Å²) in [5, 5.41) is 11.5. The van der Waals surface area contributed by atoms with E-state index in [1.807, 2.05) is 32.9 Å². The average molecular weight is 485 g/mol. The lowest BCUT2D eigenvalue weighted by Gasteiger charge is -2.63. The van der Waals surface area contributed by atoms with Gasteiger partial charge in [0, 0.05) is 34.8 Å². The Balaban J connectivity index is 1.70. The molecule has 2 bridgehead atoms. The number of carbonyl (C=O) groups excluding carboxylic acids is 2. The van der Waals surface area contributed by atoms with Gasteiger partial charge in [-0.25, -0.2) is 0 Å². The zero-order valence-corrected chi connectivity index (χ0v) is 21.4. The van der Waals surface area contributed by atoms with E-state index in [0.29, 0.717) is 12.4 Å². The summed E-state index contributed by atoms with van der Waals surface area (Å²) >= 11 is 0. The Morgan fingerprint density at radius 2 is 1.97 bits per heavy atom. The van der Waals surface area contributed by atoms with Crippen LogP contribution in [0.5, 0.6) is 0 Å². The number of esters is 1. The fraction of sp³-hybridized carbons (Fsp3) is 0.643. The molecule has 0 amide bonds. The van der Waals surface area contributed by atoms with Crippen LogP contribution in [0.15, 0.2) is 46.2 Å². The van der Waals surface area contributed by atoms with E-state index in [1.54, 1.807) is 19.6 Å². The molecular formula is C28H36O7. The molecule has 0 aromatic carbocycles. The van der Waals surface area contributed by atoms with Crippen LogP contribution in [0.2, 0.25) is 0 Å². The van der Waals surface area contributed by atoms with E-state index in [0.717, 1.165) is 24.0 Å². The Hall–Kier alpha value is -2.54. The number of methoxy groups -OCH3 is 2. The molecule has 35 heavy (non-hydrogen) atoms. The van der Waals surface area contributed by atoms with E-state index >= 15 is 0 Å². The number of aliphatic hydroxyl groups excluding tert-OH is 1. The highest BCUT2D eigenvalue weighted by atomic mass is 16.7. The van der Waals surface area contributed by atoms with Crippen molar-refractivity contribution in [1.29, 1.82) is 0 Å². The van der Waals surface area contributed by atoms with Crippen molar-refractivity contribution >= 4 is 11.8 Å². The number of rotatable bonds is 4. The minimum atomic E-state index is -0.852. The minimum absolute atomic E-state index is 0.0341. The first-order valence-electron chi connectivity index (χ1n) is 12.5. The second kappa shape index (κ2) is 7.99. The van der Waals surface area contributed by atoms with E-state index < -0.39 is 22.9 Å². The monoisotopic (exact) mass is 484 g/mol. The van der Waals surface area contributed by atoms with Crippen molar-refractivity contribution in [2.24, 2.45) is 34.0 Å². The van der Waals surface area contributed by atoms with Gasteiger partial charge < -0.3 is 23.7 Å². The molecule has 0 saturated heterocycles. The Morgan fingerprint density at radius 1 is 1.23 bits per heavy atom. The molecule has 1 aliphatic heterocycles. The highest BCUT2D eigenvalue weighted by molar-refractivity contribution is 5.92. The minimum Gasteiger partial charge on any atom is -0.472 e. The van der Waals surface area contributed by atoms with E-state index in [1.165, 1.54) is 12.7 Å². The molecule has 7 atom stereocenters. The van der Waals surface area contributed by atoms with E-state index in [2.05, 4.69) is 6.92 Å². The first kappa shape index (κ1) is 24.2. The fourth-order valence-corrected chi connectivity index (χ4v) is 7.91. The van der Waals surface area contributed by atoms with E-state index in [4.69, 9.17) is 18.6 Å². The lowest BCUT2D eigenvalue weighted by Crippen LogP contribution is -2.66. The number of hydrogen-bond acceptors (Lipinski definition) is 7. The smallest absolute Gasteiger partial charge is 0.305 e. The first-order chi connectivity index (χ1) is 16.5. The predicted octanol–water partition coefficient (Wildman–Crippen LogP) is 4.73. The lowest BCUT2D eigenvalue weighted by molar-refractivity contribution is -0.185. The third kappa shape index (κ3) is 3.19. The third-order valence-corrected chi connectivity index (χ3v) is 9.85. The van der Waals surface area contributed by atoms with Crippen LogP contribution in [0.4, 0.5) is 0 Å². The number of hydrogen-bond donors (Lipinski definition) is 1. The number of aliphatic hydroxyl groups is 1. The largest absolute Gasteiger partial charge is 0.472 e. The van der Waals surface area contributed by atoms with Gasteiger partial charge in [0.2, 0.25) is 0 Å². The Kier molecular flexibility index (Phi) is 5.51. The standard InChI is InChI=1S/C28H36O7/c1-26(2)20(13-21(29)32-5)28(4)18-7-9-27(3)19(16(18)11-17(23(26)30)24(28)31)12-22(33-6)35-25(27)15-8-10-34-14-15/h8,10,12,14,17-18,20,23,25,30H,7,9,11,13H2,1-6H3/t17-,18?,20+,23+,25+,27-,28?/m1/s1. The first-order valence-corrected chi connectivity index (χ1v) is 12.5. The molecule has 1 aromatic heterocycles. The fourth-order valence-electron chi connectivity index (χ4n) is 7.91. The molecule has 2 heterocycles. The van der Waals surface area contributed by atoms with Crippen LogP contribution in [0.1, 0.15) is 65.0 Å². The summed E-state index contributed by atoms with van der Waals surface area (Å²) in [5.41, 5.74) is 1.50. The topological polar surface area (TPSA) is 95.2 Å². The molecule has 7 nitrogen and oxygen atoms in total. The van der Waals surface area contributed by atoms with Gasteiger partial charge in [-0.15, -0.1) is 0 Å². The van der Waals surface area contributed by atoms with Crippen LogP contribution < -0.4 is 0 Å². The molecule has 1 N–H and O–H groups in total. The van der Waals surface area contributed by atoms with Crippen LogP contribution in [-0.2, 0) is 23.8 Å². The number of ether oxygens (including phenoxy) is 3. The summed E-state index contributed by atoms with van der Waals surface area (Å²) in [6.45, 7) is 8.19. The number of ketones is 1. The van der Waals surface area contributed by atoms with Crippen molar-refractivity contribution in [2.45, 2.75) is 65.6 Å². The number of fused-ring (bicyclic) bond motifs is 5. The zero-order valence-electron chi connectivity index (χ0n) is 21.4. The molecule has 0 spiro atoms. The molecule has 3 aliphatic carbocycles. The van der Waals surface area contributed by atoms with Crippen molar-refractivity contribution in [3.05, 3.63) is 47.3 Å². The van der Waals surface area contributed by atoms with Crippen LogP contribution in [0.25, 0.3) is 0 Å². The molecule has 7 heteroatoms. The molecule has 4 aliphatic rings. The summed E-state index contributed by atoms with van der Waals surface area (Å²) in [4.78, 5) is 26.5. The quantitative estimate of drug-likeness (QED) is 0.618. The Bertz CT molecular complexity index is 1100. The molecule has 190 valence electrons. The average Bonchev–Trinajstić information content (AvgIpc) is 3.36. The van der Waals surface area contributed by atoms with Crippen LogP contribution in [-0.4, -0.2) is 37.2 Å². The molecule has 2 fully saturated rings. The number of carbonyl (C=O) groups is 2. The SMILES string of the molecule is COC(=O)C[C@@H]1C2(C)C(=O)[C@H](CC3=C4C=C(OC)O[C@@H](c5ccoc5)[C@]4(C)CCC32)[C@H](O)C1(C)C. The second-order valence-electron chi connectivity index (χ2n) is 11.7. The van der Waals surface area contributed by atoms with Gasteiger partial charge in [0.1, 0.15) is 11.9 Å². The Morgan fingerprint density at radius 3 is 2.60 bits per heavy atom. The molecule has 1 aromatic rings. The van der Waals surface area contributed by atoms with Crippen molar-refractivity contribution in [3.63, 3.8) is 0 Å². The van der Waals surface area contributed by atoms with E-state index in [-0.39, 0.29) is 41.5 Å². The van der Waals surface area contributed by atoms with Gasteiger partial charge in [0.15, 0.2) is 0 Å². The lowest BCUT2D eigenvalue weighted by atomic mass is 9.41. The maximum Gasteiger partial charge on any atom is 0.305 e. The zero-order chi connectivity index (χ0) is 25.3. The van der Waals surface area contributed by atoms with Crippen LogP contribution >= 0.6 is 0 Å². The van der Waals surface area contributed by atoms with Gasteiger partial charge in [-0.05, 0) is 48.2 Å². The van der Waals surface area contributed by atoms with Crippen LogP contribution in [0.3, 0.4) is 0 Å². The molecule has 2 unspecified atom stereocenters. The highest BCUT2D eigenvalue weighted by Crippen LogP contribution is 2.67. The van der Waals surface area contributed by atoms with Gasteiger partial charge in [-0.1, -0.05) is 33.3 Å². The number of Topliss-reactive ketones (excluding diaryl/α,β-unsaturated/α-hetero) is 1. The van der Waals surface area contributed by atoms with Crippen molar-refractivity contribution in [1.82, 2.24) is 0 Å². The van der Waals surface area contributed by atoms with Crippen LogP contribution in [0, 0.1) is 34.0 Å². The highest BCUT2D eigenvalue weighted by Gasteiger charge is 2.67. The van der Waals surface area contributed by atoms with Gasteiger partial charge in [0.05, 0.1) is 32.8 Å². The van der Waals surface area contributed by atoms with Gasteiger partial charge in [-0.3, -0.25) is 9.59 Å². The number of allylic oxidation sites excluding steroid dienone is 2. The van der Waals surface area contributed by atoms with E-state index in [9.17, 15) is 14.7 Å². The van der Waals surface area contributed by atoms with Gasteiger partial charge in [-0.2, -0.15) is 0 Å². The predicted molar refractivity (Wildman–Crippen MR) is 127 cm³/mol. The maximum atomic E-state index is 14.0. The summed E-state index contributed by atoms with van der Waals surface area (Å²) in [7, 11) is 2.96. The molecule has 2 saturated carbocycles. The van der Waals surface area contributed by atoms with Crippen molar-refractivity contribution in [3.8, 4) is 0 Å². The number of furan rings is 1. The maximum absolute atomic E-state index is 14.0. The van der Waals surface area contributed by atoms with Crippen molar-refractivity contribution in [2.75, 3.05) is 14.2 Å². The summed E-state index contributed by atoms with van der Waals surface area (Å²) < 4.78 is 22.3. The molecule has 5 rings (SSSR count). The normalized spacial score (nSPS) is 39.7. The van der Waals surface area contributed by atoms with Crippen molar-refractivity contribution < 1.29 is 33.3 Å². The third-order valence-electron chi connectivity index (χ3n) is 9.85.